The molecule has 0 N–H and O–H groups in total. The average Bonchev–Trinajstić information content (AvgIpc) is 3.24. The molecule has 0 amide bonds. The zero-order valence-corrected chi connectivity index (χ0v) is 21.6. The van der Waals surface area contributed by atoms with Crippen molar-refractivity contribution >= 4 is 5.78 Å². The monoisotopic (exact) mass is 481 g/mol. The highest BCUT2D eigenvalue weighted by atomic mass is 19.1. The SMILES string of the molecule is CC(C)c1ccc(-c2nc3c(n2Cc2ccccc2F)CC[C@]2(C)[C@@H](C)C(=O)C(C#N)=C[C@@]32C)cc1. The molecule has 0 aliphatic heterocycles. The van der Waals surface area contributed by atoms with E-state index in [9.17, 15) is 14.4 Å². The van der Waals surface area contributed by atoms with Gasteiger partial charge in [-0.1, -0.05) is 76.2 Å². The molecule has 0 saturated carbocycles. The molecule has 5 rings (SSSR count). The number of Topliss-reactive ketones (excluding diaryl/α,β-unsaturated/α-hetero) is 1. The van der Waals surface area contributed by atoms with Crippen LogP contribution in [-0.2, 0) is 23.2 Å². The molecule has 2 aromatic carbocycles. The van der Waals surface area contributed by atoms with Gasteiger partial charge in [-0.05, 0) is 42.7 Å². The lowest BCUT2D eigenvalue weighted by Crippen LogP contribution is -2.53. The zero-order chi connectivity index (χ0) is 25.8. The van der Waals surface area contributed by atoms with Gasteiger partial charge >= 0.3 is 0 Å². The molecule has 3 aromatic rings. The van der Waals surface area contributed by atoms with Crippen molar-refractivity contribution in [3.05, 3.63) is 88.5 Å². The van der Waals surface area contributed by atoms with Crippen LogP contribution in [0.5, 0.6) is 0 Å². The first-order valence-corrected chi connectivity index (χ1v) is 12.7. The van der Waals surface area contributed by atoms with Gasteiger partial charge in [0.2, 0.25) is 0 Å². The molecule has 0 spiro atoms. The number of carbonyl (C=O) groups excluding carboxylic acids is 1. The van der Waals surface area contributed by atoms with Gasteiger partial charge in [-0.2, -0.15) is 5.26 Å². The summed E-state index contributed by atoms with van der Waals surface area (Å²) < 4.78 is 16.9. The Kier molecular flexibility index (Phi) is 5.75. The van der Waals surface area contributed by atoms with Gasteiger partial charge in [-0.3, -0.25) is 4.79 Å². The van der Waals surface area contributed by atoms with Gasteiger partial charge in [-0.25, -0.2) is 9.37 Å². The molecule has 0 radical (unpaired) electrons. The quantitative estimate of drug-likeness (QED) is 0.415. The van der Waals surface area contributed by atoms with Crippen LogP contribution >= 0.6 is 0 Å². The molecule has 2 aliphatic rings. The maximum absolute atomic E-state index is 14.8. The van der Waals surface area contributed by atoms with Crippen LogP contribution in [0.25, 0.3) is 11.4 Å². The average molecular weight is 482 g/mol. The minimum Gasteiger partial charge on any atom is -0.323 e. The number of benzene rings is 2. The van der Waals surface area contributed by atoms with Gasteiger partial charge in [0.1, 0.15) is 17.7 Å². The molecule has 0 fully saturated rings. The molecule has 2 aliphatic carbocycles. The first-order chi connectivity index (χ1) is 17.1. The Bertz CT molecular complexity index is 1420. The fourth-order valence-electron chi connectivity index (χ4n) is 6.14. The van der Waals surface area contributed by atoms with E-state index in [0.29, 0.717) is 18.0 Å². The first-order valence-electron chi connectivity index (χ1n) is 12.7. The fraction of sp³-hybridized carbons (Fsp3) is 0.387. The Morgan fingerprint density at radius 1 is 1.17 bits per heavy atom. The number of ketones is 1. The normalized spacial score (nSPS) is 25.2. The van der Waals surface area contributed by atoms with Crippen LogP contribution in [0.1, 0.15) is 69.5 Å². The third kappa shape index (κ3) is 3.46. The van der Waals surface area contributed by atoms with Gasteiger partial charge < -0.3 is 4.57 Å². The molecule has 184 valence electrons. The highest BCUT2D eigenvalue weighted by Crippen LogP contribution is 2.58. The van der Waals surface area contributed by atoms with Crippen molar-refractivity contribution in [3.63, 3.8) is 0 Å². The van der Waals surface area contributed by atoms with E-state index in [-0.39, 0.29) is 28.5 Å². The number of aromatic nitrogens is 2. The number of imidazole rings is 1. The Morgan fingerprint density at radius 3 is 2.50 bits per heavy atom. The number of hydrogen-bond donors (Lipinski definition) is 0. The van der Waals surface area contributed by atoms with E-state index in [1.807, 2.05) is 25.1 Å². The smallest absolute Gasteiger partial charge is 0.176 e. The van der Waals surface area contributed by atoms with Crippen LogP contribution in [0.15, 0.2) is 60.2 Å². The Balaban J connectivity index is 1.75. The number of fused-ring (bicyclic) bond motifs is 3. The highest BCUT2D eigenvalue weighted by Gasteiger charge is 2.57. The summed E-state index contributed by atoms with van der Waals surface area (Å²) in [5, 5.41) is 9.74. The van der Waals surface area contributed by atoms with Crippen LogP contribution in [-0.4, -0.2) is 15.3 Å². The number of allylic oxidation sites excluding steroid dienone is 2. The lowest BCUT2D eigenvalue weighted by molar-refractivity contribution is -0.125. The Hall–Kier alpha value is -3.52. The molecular weight excluding hydrogens is 449 g/mol. The number of nitrogens with zero attached hydrogens (tertiary/aromatic N) is 3. The van der Waals surface area contributed by atoms with E-state index < -0.39 is 5.41 Å². The maximum Gasteiger partial charge on any atom is 0.176 e. The number of halogens is 1. The minimum atomic E-state index is -0.591. The Labute approximate surface area is 212 Å². The second-order valence-electron chi connectivity index (χ2n) is 11.1. The van der Waals surface area contributed by atoms with E-state index in [1.165, 1.54) is 11.6 Å². The van der Waals surface area contributed by atoms with Crippen molar-refractivity contribution in [2.24, 2.45) is 11.3 Å². The third-order valence-corrected chi connectivity index (χ3v) is 8.92. The summed E-state index contributed by atoms with van der Waals surface area (Å²) >= 11 is 0. The molecule has 0 bridgehead atoms. The summed E-state index contributed by atoms with van der Waals surface area (Å²) in [5.41, 5.74) is 4.02. The predicted molar refractivity (Wildman–Crippen MR) is 139 cm³/mol. The van der Waals surface area contributed by atoms with Crippen molar-refractivity contribution < 1.29 is 9.18 Å². The lowest BCUT2D eigenvalue weighted by atomic mass is 9.49. The van der Waals surface area contributed by atoms with E-state index in [4.69, 9.17) is 4.98 Å². The van der Waals surface area contributed by atoms with Gasteiger partial charge in [-0.15, -0.1) is 0 Å². The maximum atomic E-state index is 14.8. The predicted octanol–water partition coefficient (Wildman–Crippen LogP) is 6.74. The number of nitriles is 1. The zero-order valence-electron chi connectivity index (χ0n) is 21.6. The van der Waals surface area contributed by atoms with Crippen molar-refractivity contribution in [1.29, 1.82) is 5.26 Å². The van der Waals surface area contributed by atoms with Crippen molar-refractivity contribution in [2.75, 3.05) is 0 Å². The molecular formula is C31H32FN3O. The van der Waals surface area contributed by atoms with E-state index >= 15 is 0 Å². The molecule has 5 heteroatoms. The molecule has 4 nitrogen and oxygen atoms in total. The summed E-state index contributed by atoms with van der Waals surface area (Å²) in [6.45, 7) is 10.9. The summed E-state index contributed by atoms with van der Waals surface area (Å²) in [5.74, 6) is 0.592. The second kappa shape index (κ2) is 8.55. The third-order valence-electron chi connectivity index (χ3n) is 8.92. The Morgan fingerprint density at radius 2 is 1.86 bits per heavy atom. The van der Waals surface area contributed by atoms with Crippen LogP contribution < -0.4 is 0 Å². The van der Waals surface area contributed by atoms with E-state index in [2.05, 4.69) is 62.6 Å². The summed E-state index contributed by atoms with van der Waals surface area (Å²) in [4.78, 5) is 18.2. The van der Waals surface area contributed by atoms with Gasteiger partial charge in [0.05, 0.1) is 17.8 Å². The van der Waals surface area contributed by atoms with Crippen LogP contribution in [0, 0.1) is 28.5 Å². The van der Waals surface area contributed by atoms with Crippen molar-refractivity contribution in [1.82, 2.24) is 9.55 Å². The topological polar surface area (TPSA) is 58.7 Å². The standard InChI is InChI=1S/C31H32FN3O/c1-19(2)21-10-12-22(13-11-21)29-34-28-26(35(29)18-23-8-6-7-9-25(23)32)14-15-30(4)20(3)27(36)24(17-33)16-31(28,30)5/h6-13,16,19-20H,14-15,18H2,1-5H3/t20-,30+,31-/m0/s1. The van der Waals surface area contributed by atoms with Crippen LogP contribution in [0.2, 0.25) is 0 Å². The van der Waals surface area contributed by atoms with Crippen molar-refractivity contribution in [2.45, 2.75) is 65.3 Å². The van der Waals surface area contributed by atoms with E-state index in [1.54, 1.807) is 6.07 Å². The molecule has 1 aromatic heterocycles. The van der Waals surface area contributed by atoms with Crippen LogP contribution in [0.4, 0.5) is 4.39 Å². The van der Waals surface area contributed by atoms with Gasteiger partial charge in [0.25, 0.3) is 0 Å². The van der Waals surface area contributed by atoms with Crippen LogP contribution in [0.3, 0.4) is 0 Å². The first kappa shape index (κ1) is 24.2. The second-order valence-corrected chi connectivity index (χ2v) is 11.1. The summed E-state index contributed by atoms with van der Waals surface area (Å²) in [7, 11) is 0. The van der Waals surface area contributed by atoms with Gasteiger partial charge in [0.15, 0.2) is 5.78 Å². The number of rotatable bonds is 4. The summed E-state index contributed by atoms with van der Waals surface area (Å²) in [6, 6.07) is 17.4. The fourth-order valence-corrected chi connectivity index (χ4v) is 6.14. The largest absolute Gasteiger partial charge is 0.323 e. The molecule has 3 atom stereocenters. The molecule has 36 heavy (non-hydrogen) atoms. The molecule has 1 heterocycles. The lowest BCUT2D eigenvalue weighted by Gasteiger charge is -2.53. The number of hydrogen-bond acceptors (Lipinski definition) is 3. The number of carbonyl (C=O) groups is 1. The highest BCUT2D eigenvalue weighted by molar-refractivity contribution is 6.02. The molecule has 0 unspecified atom stereocenters. The molecule has 0 saturated heterocycles. The van der Waals surface area contributed by atoms with Gasteiger partial charge in [0, 0.05) is 28.2 Å². The van der Waals surface area contributed by atoms with Crippen molar-refractivity contribution in [3.8, 4) is 17.5 Å². The van der Waals surface area contributed by atoms with E-state index in [0.717, 1.165) is 35.6 Å². The minimum absolute atomic E-state index is 0.0868. The summed E-state index contributed by atoms with van der Waals surface area (Å²) in [6.07, 6.45) is 3.37.